The van der Waals surface area contributed by atoms with Crippen LogP contribution in [0.3, 0.4) is 0 Å². The molecule has 0 aromatic rings. The second-order valence-corrected chi connectivity index (χ2v) is 4.21. The van der Waals surface area contributed by atoms with Gasteiger partial charge in [-0.2, -0.15) is 0 Å². The van der Waals surface area contributed by atoms with E-state index in [2.05, 4.69) is 72.6 Å². The van der Waals surface area contributed by atoms with E-state index in [-0.39, 0.29) is 0 Å². The fourth-order valence-corrected chi connectivity index (χ4v) is 1.83. The van der Waals surface area contributed by atoms with Crippen LogP contribution in [0, 0.1) is 33.3 Å². The third kappa shape index (κ3) is 23.0. The number of hydrogen-bond donors (Lipinski definition) is 0. The Morgan fingerprint density at radius 2 is 1.42 bits per heavy atom. The zero-order valence-corrected chi connectivity index (χ0v) is 14.6. The maximum atomic E-state index is 7.50. The Hall–Kier alpha value is -1.28. The Bertz CT molecular complexity index is 349. The molecule has 1 aliphatic rings. The van der Waals surface area contributed by atoms with Gasteiger partial charge in [0, 0.05) is 0 Å². The molecule has 1 fully saturated rings. The van der Waals surface area contributed by atoms with E-state index < -0.39 is 0 Å². The van der Waals surface area contributed by atoms with Gasteiger partial charge >= 0.3 is 150 Å². The summed E-state index contributed by atoms with van der Waals surface area (Å²) in [6.07, 6.45) is 2.97. The second-order valence-electron chi connectivity index (χ2n) is 3.29. The molecule has 0 unspecified atom stereocenters. The Balaban J connectivity index is -0.000000103. The van der Waals surface area contributed by atoms with E-state index in [1.165, 1.54) is 4.50 Å². The summed E-state index contributed by atoms with van der Waals surface area (Å²) in [4.78, 5) is 0. The zero-order valence-electron chi connectivity index (χ0n) is 13.3. The van der Waals surface area contributed by atoms with Gasteiger partial charge in [0.25, 0.3) is 0 Å². The van der Waals surface area contributed by atoms with Gasteiger partial charge < -0.3 is 0 Å². The molecular weight excluding hydrogens is 356 g/mol. The third-order valence-corrected chi connectivity index (χ3v) is 2.57. The number of ether oxygens (including phenoxy) is 1. The SMILES string of the molecule is C=CCCN([C](C)=[Cr])N1CCOCC1.[C-]#[O+].[C-]#[O+].[C-]#[O+].[C-]#[O+].[C-]#[O+]. The number of rotatable bonds is 5. The van der Waals surface area contributed by atoms with Crippen molar-refractivity contribution >= 4 is 4.50 Å². The van der Waals surface area contributed by atoms with Crippen LogP contribution in [0.25, 0.3) is 0 Å². The van der Waals surface area contributed by atoms with Crippen LogP contribution in [0.15, 0.2) is 12.7 Å². The van der Waals surface area contributed by atoms with Crippen molar-refractivity contribution in [1.29, 1.82) is 0 Å². The van der Waals surface area contributed by atoms with Gasteiger partial charge in [-0.05, 0) is 0 Å². The van der Waals surface area contributed by atoms with E-state index in [0.29, 0.717) is 0 Å². The molecule has 24 heavy (non-hydrogen) atoms. The molecule has 0 radical (unpaired) electrons. The summed E-state index contributed by atoms with van der Waals surface area (Å²) < 4.78 is 44.0. The van der Waals surface area contributed by atoms with Crippen LogP contribution in [0.5, 0.6) is 0 Å². The van der Waals surface area contributed by atoms with Gasteiger partial charge in [-0.25, -0.2) is 0 Å². The molecule has 1 rings (SSSR count). The Labute approximate surface area is 151 Å². The molecule has 1 aliphatic heterocycles. The minimum atomic E-state index is 0.831. The van der Waals surface area contributed by atoms with Crippen LogP contribution in [0.4, 0.5) is 0 Å². The van der Waals surface area contributed by atoms with Crippen molar-refractivity contribution in [3.8, 4) is 0 Å². The van der Waals surface area contributed by atoms with Gasteiger partial charge in [0.15, 0.2) is 0 Å². The van der Waals surface area contributed by atoms with Crippen LogP contribution < -0.4 is 0 Å². The standard InChI is InChI=1S/C10H18N2O.5CO.Cr/c1-3-5-6-11(4-2)12-7-9-13-10-8-12;5*1-2;/h3H,1,5-10H2,2H3;;;;;;. The second kappa shape index (κ2) is 37.7. The van der Waals surface area contributed by atoms with Crippen LogP contribution in [0.1, 0.15) is 13.3 Å². The van der Waals surface area contributed by atoms with Gasteiger partial charge in [0.1, 0.15) is 0 Å². The number of morpholine rings is 1. The molecule has 0 amide bonds. The first-order valence-corrected chi connectivity index (χ1v) is 6.63. The van der Waals surface area contributed by atoms with Crippen LogP contribution >= 0.6 is 0 Å². The average Bonchev–Trinajstić information content (AvgIpc) is 2.70. The topological polar surface area (TPSA) is 115 Å². The first-order valence-electron chi connectivity index (χ1n) is 5.99. The fraction of sp³-hybridized carbons (Fsp3) is 0.467. The molecule has 9 heteroatoms. The zero-order chi connectivity index (χ0) is 20.4. The Morgan fingerprint density at radius 3 is 1.71 bits per heavy atom. The number of hydrazine groups is 1. The summed E-state index contributed by atoms with van der Waals surface area (Å²) in [7, 11) is 0. The van der Waals surface area contributed by atoms with Crippen molar-refractivity contribution in [1.82, 2.24) is 10.0 Å². The number of hydrogen-bond acceptors (Lipinski definition) is 3. The molecule has 0 saturated carbocycles. The normalized spacial score (nSPS) is 11.2. The summed E-state index contributed by atoms with van der Waals surface area (Å²) in [5, 5.41) is 4.61. The Morgan fingerprint density at radius 1 is 1.04 bits per heavy atom. The molecule has 0 aromatic heterocycles. The molecule has 1 saturated heterocycles. The summed E-state index contributed by atoms with van der Waals surface area (Å²) in [6, 6.07) is 0. The molecule has 0 aliphatic carbocycles. The summed E-state index contributed by atoms with van der Waals surface area (Å²) in [5.74, 6) is 0. The average molecular weight is 374 g/mol. The van der Waals surface area contributed by atoms with Crippen molar-refractivity contribution < 1.29 is 43.8 Å². The summed E-state index contributed by atoms with van der Waals surface area (Å²) in [6.45, 7) is 33.0. The molecule has 130 valence electrons. The monoisotopic (exact) mass is 374 g/mol. The predicted molar refractivity (Wildman–Crippen MR) is 74.2 cm³/mol. The molecule has 8 nitrogen and oxygen atoms in total. The van der Waals surface area contributed by atoms with Crippen molar-refractivity contribution in [2.24, 2.45) is 0 Å². The maximum absolute atomic E-state index is 7.50. The Kier molecular flexibility index (Phi) is 53.7. The van der Waals surface area contributed by atoms with Crippen molar-refractivity contribution in [2.75, 3.05) is 32.8 Å². The van der Waals surface area contributed by atoms with Crippen LogP contribution in [-0.4, -0.2) is 47.4 Å². The first kappa shape index (κ1) is 34.1. The van der Waals surface area contributed by atoms with Gasteiger partial charge in [-0.15, -0.1) is 0 Å². The van der Waals surface area contributed by atoms with Crippen molar-refractivity contribution in [2.45, 2.75) is 13.3 Å². The third-order valence-electron chi connectivity index (χ3n) is 2.24. The molecule has 0 aromatic carbocycles. The van der Waals surface area contributed by atoms with Crippen LogP contribution in [0.2, 0.25) is 0 Å². The predicted octanol–water partition coefficient (Wildman–Crippen LogP) is 0.621. The molecule has 0 spiro atoms. The van der Waals surface area contributed by atoms with Gasteiger partial charge in [0.2, 0.25) is 0 Å². The van der Waals surface area contributed by atoms with Gasteiger partial charge in [-0.3, -0.25) is 0 Å². The van der Waals surface area contributed by atoms with E-state index in [1.54, 1.807) is 0 Å². The van der Waals surface area contributed by atoms with E-state index in [1.807, 2.05) is 6.08 Å². The summed E-state index contributed by atoms with van der Waals surface area (Å²) in [5.41, 5.74) is 0. The first-order chi connectivity index (χ1) is 11.8. The van der Waals surface area contributed by atoms with Gasteiger partial charge in [0.05, 0.1) is 0 Å². The molecular formula is C15H18CrN2O6. The molecule has 0 bridgehead atoms. The van der Waals surface area contributed by atoms with Crippen molar-refractivity contribution in [3.63, 3.8) is 0 Å². The quantitative estimate of drug-likeness (QED) is 0.399. The summed E-state index contributed by atoms with van der Waals surface area (Å²) >= 11 is 3.07. The van der Waals surface area contributed by atoms with E-state index >= 15 is 0 Å². The van der Waals surface area contributed by atoms with E-state index in [0.717, 1.165) is 39.3 Å². The van der Waals surface area contributed by atoms with Gasteiger partial charge in [-0.1, -0.05) is 0 Å². The fourth-order valence-electron chi connectivity index (χ4n) is 1.51. The molecule has 0 N–H and O–H groups in total. The van der Waals surface area contributed by atoms with Crippen LogP contribution in [-0.2, 0) is 43.8 Å². The van der Waals surface area contributed by atoms with Crippen molar-refractivity contribution in [3.05, 3.63) is 45.9 Å². The van der Waals surface area contributed by atoms with E-state index in [9.17, 15) is 0 Å². The number of nitrogens with zero attached hydrogens (tertiary/aromatic N) is 2. The minimum absolute atomic E-state index is 0.831. The molecule has 1 heterocycles. The van der Waals surface area contributed by atoms with E-state index in [4.69, 9.17) is 28.0 Å². The molecule has 0 atom stereocenters.